The van der Waals surface area contributed by atoms with Gasteiger partial charge < -0.3 is 20.2 Å². The summed E-state index contributed by atoms with van der Waals surface area (Å²) in [5.74, 6) is 0.868. The Labute approximate surface area is 191 Å². The van der Waals surface area contributed by atoms with Crippen LogP contribution in [0, 0.1) is 6.92 Å². The lowest BCUT2D eigenvalue weighted by atomic mass is 10.1. The first kappa shape index (κ1) is 23.1. The second kappa shape index (κ2) is 9.03. The van der Waals surface area contributed by atoms with Crippen molar-refractivity contribution in [1.82, 2.24) is 4.31 Å². The van der Waals surface area contributed by atoms with Gasteiger partial charge in [0.2, 0.25) is 10.0 Å². The summed E-state index contributed by atoms with van der Waals surface area (Å²) in [4.78, 5) is 24.3. The summed E-state index contributed by atoms with van der Waals surface area (Å²) in [6, 6.07) is 7.56. The zero-order valence-electron chi connectivity index (χ0n) is 18.6. The number of hydrogen-bond donors (Lipinski definition) is 3. The minimum absolute atomic E-state index is 0.0236. The molecule has 0 spiro atoms. The van der Waals surface area contributed by atoms with Crippen molar-refractivity contribution in [3.63, 3.8) is 0 Å². The van der Waals surface area contributed by atoms with Crippen LogP contribution in [0.15, 0.2) is 49.2 Å². The minimum atomic E-state index is -3.89. The molecule has 3 N–H and O–H groups in total. The highest BCUT2D eigenvalue weighted by Gasteiger charge is 2.30. The Kier molecular flexibility index (Phi) is 6.31. The number of para-hydroxylation sites is 1. The molecule has 0 unspecified atom stereocenters. The molecule has 4 rings (SSSR count). The van der Waals surface area contributed by atoms with Crippen molar-refractivity contribution in [3.8, 4) is 5.75 Å². The highest BCUT2D eigenvalue weighted by atomic mass is 32.2. The van der Waals surface area contributed by atoms with Gasteiger partial charge in [-0.3, -0.25) is 9.59 Å². The van der Waals surface area contributed by atoms with Crippen molar-refractivity contribution >= 4 is 27.1 Å². The molecule has 1 saturated heterocycles. The monoisotopic (exact) mass is 473 g/mol. The lowest BCUT2D eigenvalue weighted by Crippen LogP contribution is -2.37. The molecular weight excluding hydrogens is 446 g/mol. The van der Waals surface area contributed by atoms with E-state index < -0.39 is 26.6 Å². The third-order valence-corrected chi connectivity index (χ3v) is 7.86. The highest BCUT2D eigenvalue weighted by Crippen LogP contribution is 2.36. The van der Waals surface area contributed by atoms with Gasteiger partial charge in [0, 0.05) is 13.1 Å². The van der Waals surface area contributed by atoms with E-state index in [1.54, 1.807) is 6.07 Å². The first-order valence-electron chi connectivity index (χ1n) is 11.0. The molecule has 0 aliphatic carbocycles. The van der Waals surface area contributed by atoms with Gasteiger partial charge in [0.05, 0.1) is 11.7 Å². The maximum atomic E-state index is 13.0. The third-order valence-electron chi connectivity index (χ3n) is 5.93. The number of hydrogen-bond acceptors (Lipinski definition) is 8. The number of phenols is 1. The van der Waals surface area contributed by atoms with Crippen LogP contribution < -0.4 is 21.5 Å². The van der Waals surface area contributed by atoms with Crippen LogP contribution in [0.25, 0.3) is 0 Å². The van der Waals surface area contributed by atoms with E-state index in [-0.39, 0.29) is 28.0 Å². The molecule has 1 aliphatic rings. The average molecular weight is 474 g/mol. The van der Waals surface area contributed by atoms with Crippen molar-refractivity contribution in [2.24, 2.45) is 0 Å². The van der Waals surface area contributed by atoms with E-state index in [0.717, 1.165) is 25.0 Å². The first-order chi connectivity index (χ1) is 15.7. The number of aryl methyl sites for hydroxylation is 1. The number of furan rings is 1. The molecule has 1 atom stereocenters. The normalized spacial score (nSPS) is 16.1. The fraction of sp³-hybridized carbons (Fsp3) is 0.391. The second-order valence-corrected chi connectivity index (χ2v) is 10.1. The zero-order chi connectivity index (χ0) is 23.8. The van der Waals surface area contributed by atoms with Crippen molar-refractivity contribution in [1.29, 1.82) is 0 Å². The van der Waals surface area contributed by atoms with Gasteiger partial charge in [-0.2, -0.15) is 4.31 Å². The van der Waals surface area contributed by atoms with Gasteiger partial charge in [-0.15, -0.1) is 0 Å². The largest absolute Gasteiger partial charge is 0.504 e. The maximum Gasteiger partial charge on any atom is 0.253 e. The van der Waals surface area contributed by atoms with E-state index in [4.69, 9.17) is 4.42 Å². The standard InChI is InChI=1S/C23H27N3O6S/c1-3-15(17-11-10-14(2)32-17)24-19-20(23(29)22(19)28)25-16-8-7-9-18(21(16)27)33(30,31)26-12-5-4-6-13-26/h7-11,15,24-25,27H,3-6,12-13H2,1-2H3/t15-/m1/s1. The van der Waals surface area contributed by atoms with Crippen molar-refractivity contribution in [3.05, 3.63) is 62.3 Å². The van der Waals surface area contributed by atoms with E-state index in [1.165, 1.54) is 22.5 Å². The van der Waals surface area contributed by atoms with E-state index in [0.29, 0.717) is 25.3 Å². The number of benzene rings is 1. The van der Waals surface area contributed by atoms with Crippen molar-refractivity contribution in [2.75, 3.05) is 23.7 Å². The predicted octanol–water partition coefficient (Wildman–Crippen LogP) is 3.37. The lowest BCUT2D eigenvalue weighted by molar-refractivity contribution is 0.344. The van der Waals surface area contributed by atoms with Gasteiger partial charge in [-0.05, 0) is 50.5 Å². The molecule has 10 heteroatoms. The predicted molar refractivity (Wildman–Crippen MR) is 125 cm³/mol. The van der Waals surface area contributed by atoms with E-state index >= 15 is 0 Å². The summed E-state index contributed by atoms with van der Waals surface area (Å²) in [5, 5.41) is 16.6. The molecule has 9 nitrogen and oxygen atoms in total. The summed E-state index contributed by atoms with van der Waals surface area (Å²) < 4.78 is 33.1. The summed E-state index contributed by atoms with van der Waals surface area (Å²) in [6.07, 6.45) is 3.10. The summed E-state index contributed by atoms with van der Waals surface area (Å²) in [5.41, 5.74) is -1.35. The second-order valence-electron chi connectivity index (χ2n) is 8.20. The molecule has 0 amide bonds. The highest BCUT2D eigenvalue weighted by molar-refractivity contribution is 7.89. The number of nitrogens with zero attached hydrogens (tertiary/aromatic N) is 1. The molecule has 2 aromatic carbocycles. The fourth-order valence-corrected chi connectivity index (χ4v) is 5.67. The third kappa shape index (κ3) is 4.28. The van der Waals surface area contributed by atoms with Crippen LogP contribution >= 0.6 is 0 Å². The Bertz CT molecular complexity index is 1330. The van der Waals surface area contributed by atoms with Crippen LogP contribution in [-0.4, -0.2) is 30.9 Å². The molecule has 176 valence electrons. The van der Waals surface area contributed by atoms with Gasteiger partial charge in [0.1, 0.15) is 27.8 Å². The van der Waals surface area contributed by atoms with Crippen LogP contribution in [0.1, 0.15) is 50.2 Å². The van der Waals surface area contributed by atoms with Crippen LogP contribution in [0.5, 0.6) is 5.75 Å². The zero-order valence-corrected chi connectivity index (χ0v) is 19.4. The molecule has 0 saturated carbocycles. The van der Waals surface area contributed by atoms with Gasteiger partial charge in [-0.1, -0.05) is 19.4 Å². The van der Waals surface area contributed by atoms with Gasteiger partial charge in [0.15, 0.2) is 5.75 Å². The molecule has 1 fully saturated rings. The number of aromatic hydroxyl groups is 1. The Morgan fingerprint density at radius 3 is 2.39 bits per heavy atom. The van der Waals surface area contributed by atoms with Crippen LogP contribution in [-0.2, 0) is 10.0 Å². The Hall–Kier alpha value is -3.11. The van der Waals surface area contributed by atoms with E-state index in [9.17, 15) is 23.1 Å². The number of phenolic OH excluding ortho intramolecular Hbond substituents is 1. The van der Waals surface area contributed by atoms with Gasteiger partial charge in [0.25, 0.3) is 10.9 Å². The Morgan fingerprint density at radius 2 is 1.76 bits per heavy atom. The molecule has 3 aromatic rings. The average Bonchev–Trinajstić information content (AvgIpc) is 3.25. The van der Waals surface area contributed by atoms with E-state index in [1.807, 2.05) is 19.9 Å². The van der Waals surface area contributed by atoms with Crippen molar-refractivity contribution in [2.45, 2.75) is 50.5 Å². The lowest BCUT2D eigenvalue weighted by Gasteiger charge is -2.26. The summed E-state index contributed by atoms with van der Waals surface area (Å²) >= 11 is 0. The fourth-order valence-electron chi connectivity index (χ4n) is 4.05. The van der Waals surface area contributed by atoms with Gasteiger partial charge >= 0.3 is 0 Å². The Morgan fingerprint density at radius 1 is 1.06 bits per heavy atom. The SMILES string of the molecule is CC[C@@H](Nc1c(Nc2cccc(S(=O)(=O)N3CCCCC3)c2O)c(=O)c1=O)c1ccc(C)o1. The van der Waals surface area contributed by atoms with Crippen LogP contribution in [0.4, 0.5) is 17.1 Å². The smallest absolute Gasteiger partial charge is 0.253 e. The van der Waals surface area contributed by atoms with Crippen molar-refractivity contribution < 1.29 is 17.9 Å². The van der Waals surface area contributed by atoms with Gasteiger partial charge in [-0.25, -0.2) is 8.42 Å². The quantitative estimate of drug-likeness (QED) is 0.335. The summed E-state index contributed by atoms with van der Waals surface area (Å²) in [6.45, 7) is 4.52. The van der Waals surface area contributed by atoms with Crippen LogP contribution in [0.2, 0.25) is 0 Å². The summed E-state index contributed by atoms with van der Waals surface area (Å²) in [7, 11) is -3.89. The molecule has 0 radical (unpaired) electrons. The molecule has 1 aliphatic heterocycles. The number of nitrogens with one attached hydrogen (secondary N) is 2. The molecule has 0 bridgehead atoms. The number of rotatable bonds is 8. The topological polar surface area (TPSA) is 129 Å². The minimum Gasteiger partial charge on any atom is -0.504 e. The molecule has 33 heavy (non-hydrogen) atoms. The molecular formula is C23H27N3O6S. The van der Waals surface area contributed by atoms with Crippen LogP contribution in [0.3, 0.4) is 0 Å². The number of sulfonamides is 1. The molecule has 1 aromatic heterocycles. The number of anilines is 3. The molecule has 2 heterocycles. The first-order valence-corrected chi connectivity index (χ1v) is 12.4. The Balaban J connectivity index is 1.62. The maximum absolute atomic E-state index is 13.0. The van der Waals surface area contributed by atoms with E-state index in [2.05, 4.69) is 10.6 Å². The number of piperidine rings is 1.